The zero-order valence-electron chi connectivity index (χ0n) is 14.6. The van der Waals surface area contributed by atoms with Crippen LogP contribution >= 0.6 is 0 Å². The van der Waals surface area contributed by atoms with E-state index < -0.39 is 12.6 Å². The van der Waals surface area contributed by atoms with E-state index in [1.165, 1.54) is 12.0 Å². The van der Waals surface area contributed by atoms with Crippen molar-refractivity contribution < 1.29 is 19.4 Å². The number of carboxylic acid groups (broad SMARTS) is 1. The predicted molar refractivity (Wildman–Crippen MR) is 98.3 cm³/mol. The molecule has 0 saturated heterocycles. The Bertz CT molecular complexity index is 769. The van der Waals surface area contributed by atoms with Crippen LogP contribution < -0.4 is 10.1 Å². The summed E-state index contributed by atoms with van der Waals surface area (Å²) in [6, 6.07) is 17.0. The van der Waals surface area contributed by atoms with Crippen LogP contribution in [0, 0.1) is 5.41 Å². The molecular formula is C21H23NO4. The molecule has 2 aromatic rings. The molecule has 1 aliphatic rings. The van der Waals surface area contributed by atoms with Gasteiger partial charge in [-0.25, -0.2) is 4.79 Å². The largest absolute Gasteiger partial charge is 0.482 e. The van der Waals surface area contributed by atoms with E-state index in [1.54, 1.807) is 24.3 Å². The average molecular weight is 353 g/mol. The van der Waals surface area contributed by atoms with E-state index in [9.17, 15) is 9.59 Å². The Morgan fingerprint density at radius 2 is 1.85 bits per heavy atom. The lowest BCUT2D eigenvalue weighted by atomic mass is 9.65. The van der Waals surface area contributed by atoms with E-state index >= 15 is 0 Å². The van der Waals surface area contributed by atoms with Gasteiger partial charge in [0.1, 0.15) is 5.75 Å². The number of hydrogen-bond donors (Lipinski definition) is 2. The topological polar surface area (TPSA) is 75.6 Å². The molecule has 2 aromatic carbocycles. The molecule has 2 N–H and O–H groups in total. The quantitative estimate of drug-likeness (QED) is 0.763. The Morgan fingerprint density at radius 1 is 1.08 bits per heavy atom. The van der Waals surface area contributed by atoms with Gasteiger partial charge in [-0.05, 0) is 48.4 Å². The average Bonchev–Trinajstić information content (AvgIpc) is 2.63. The molecule has 5 heteroatoms. The van der Waals surface area contributed by atoms with E-state index in [0.29, 0.717) is 17.9 Å². The number of rotatable bonds is 8. The van der Waals surface area contributed by atoms with Gasteiger partial charge < -0.3 is 15.2 Å². The highest BCUT2D eigenvalue weighted by Gasteiger charge is 2.37. The lowest BCUT2D eigenvalue weighted by Crippen LogP contribution is -2.43. The molecule has 1 amide bonds. The summed E-state index contributed by atoms with van der Waals surface area (Å²) in [6.07, 6.45) is 4.39. The van der Waals surface area contributed by atoms with E-state index in [0.717, 1.165) is 19.3 Å². The van der Waals surface area contributed by atoms with Gasteiger partial charge in [-0.1, -0.05) is 42.8 Å². The van der Waals surface area contributed by atoms with Crippen LogP contribution in [-0.4, -0.2) is 30.1 Å². The van der Waals surface area contributed by atoms with E-state index in [4.69, 9.17) is 9.84 Å². The first-order valence-electron chi connectivity index (χ1n) is 8.83. The molecule has 5 nitrogen and oxygen atoms in total. The van der Waals surface area contributed by atoms with E-state index in [-0.39, 0.29) is 11.3 Å². The van der Waals surface area contributed by atoms with Gasteiger partial charge in [0.25, 0.3) is 5.91 Å². The molecule has 0 heterocycles. The van der Waals surface area contributed by atoms with Gasteiger partial charge in [0.2, 0.25) is 0 Å². The zero-order chi connectivity index (χ0) is 18.4. The fraction of sp³-hybridized carbons (Fsp3) is 0.333. The molecule has 0 radical (unpaired) electrons. The molecule has 0 unspecified atom stereocenters. The van der Waals surface area contributed by atoms with Crippen molar-refractivity contribution in [2.45, 2.75) is 25.7 Å². The van der Waals surface area contributed by atoms with E-state index in [1.807, 2.05) is 18.2 Å². The highest BCUT2D eigenvalue weighted by Crippen LogP contribution is 2.43. The Hall–Kier alpha value is -2.82. The van der Waals surface area contributed by atoms with Crippen molar-refractivity contribution in [2.24, 2.45) is 5.41 Å². The van der Waals surface area contributed by atoms with Crippen LogP contribution in [0.1, 0.15) is 35.2 Å². The molecule has 1 fully saturated rings. The Kier molecular flexibility index (Phi) is 5.56. The molecule has 3 rings (SSSR count). The first-order valence-corrected chi connectivity index (χ1v) is 8.83. The summed E-state index contributed by atoms with van der Waals surface area (Å²) in [7, 11) is 0. The lowest BCUT2D eigenvalue weighted by Gasteiger charge is -2.42. The van der Waals surface area contributed by atoms with Crippen molar-refractivity contribution in [3.05, 3.63) is 65.7 Å². The van der Waals surface area contributed by atoms with Crippen molar-refractivity contribution in [3.63, 3.8) is 0 Å². The monoisotopic (exact) mass is 353 g/mol. The number of carbonyl (C=O) groups excluding carboxylic acids is 1. The number of amides is 1. The van der Waals surface area contributed by atoms with Gasteiger partial charge in [0.15, 0.2) is 6.61 Å². The van der Waals surface area contributed by atoms with Crippen LogP contribution in [0.5, 0.6) is 5.75 Å². The summed E-state index contributed by atoms with van der Waals surface area (Å²) in [5.41, 5.74) is 1.90. The molecule has 1 saturated carbocycles. The maximum absolute atomic E-state index is 12.5. The van der Waals surface area contributed by atoms with Crippen LogP contribution in [0.15, 0.2) is 54.6 Å². The molecular weight excluding hydrogens is 330 g/mol. The predicted octanol–water partition coefficient (Wildman–Crippen LogP) is 3.29. The van der Waals surface area contributed by atoms with Gasteiger partial charge in [-0.15, -0.1) is 0 Å². The molecule has 0 atom stereocenters. The minimum atomic E-state index is -1.05. The Balaban J connectivity index is 1.59. The van der Waals surface area contributed by atoms with Gasteiger partial charge in [0.05, 0.1) is 0 Å². The van der Waals surface area contributed by atoms with Crippen molar-refractivity contribution in [1.82, 2.24) is 5.32 Å². The highest BCUT2D eigenvalue weighted by atomic mass is 16.5. The first kappa shape index (κ1) is 18.0. The molecule has 0 aliphatic heterocycles. The molecule has 0 spiro atoms. The van der Waals surface area contributed by atoms with Gasteiger partial charge in [-0.2, -0.15) is 0 Å². The second-order valence-electron chi connectivity index (χ2n) is 6.91. The van der Waals surface area contributed by atoms with Crippen molar-refractivity contribution in [2.75, 3.05) is 13.2 Å². The first-order chi connectivity index (χ1) is 12.6. The maximum atomic E-state index is 12.5. The van der Waals surface area contributed by atoms with Gasteiger partial charge in [0, 0.05) is 12.1 Å². The number of carboxylic acids is 1. The summed E-state index contributed by atoms with van der Waals surface area (Å²) in [5.74, 6) is -0.833. The highest BCUT2D eigenvalue weighted by molar-refractivity contribution is 5.94. The van der Waals surface area contributed by atoms with Crippen molar-refractivity contribution in [3.8, 4) is 5.75 Å². The summed E-state index contributed by atoms with van der Waals surface area (Å²) >= 11 is 0. The minimum absolute atomic E-state index is 0.133. The molecule has 0 aromatic heterocycles. The third-order valence-corrected chi connectivity index (χ3v) is 4.92. The summed E-state index contributed by atoms with van der Waals surface area (Å²) < 4.78 is 5.14. The summed E-state index contributed by atoms with van der Waals surface area (Å²) in [5, 5.41) is 11.7. The van der Waals surface area contributed by atoms with E-state index in [2.05, 4.69) is 17.4 Å². The van der Waals surface area contributed by atoms with Crippen molar-refractivity contribution >= 4 is 11.9 Å². The summed E-state index contributed by atoms with van der Waals surface area (Å²) in [4.78, 5) is 23.1. The minimum Gasteiger partial charge on any atom is -0.482 e. The fourth-order valence-electron chi connectivity index (χ4n) is 3.36. The Morgan fingerprint density at radius 3 is 2.50 bits per heavy atom. The second kappa shape index (κ2) is 8.04. The lowest BCUT2D eigenvalue weighted by molar-refractivity contribution is -0.139. The van der Waals surface area contributed by atoms with Crippen LogP contribution in [0.25, 0.3) is 0 Å². The third kappa shape index (κ3) is 4.63. The molecule has 0 bridgehead atoms. The van der Waals surface area contributed by atoms with Crippen LogP contribution in [-0.2, 0) is 11.2 Å². The number of nitrogens with one attached hydrogen (secondary N) is 1. The molecule has 136 valence electrons. The number of aliphatic carboxylic acids is 1. The number of ether oxygens (including phenoxy) is 1. The fourth-order valence-corrected chi connectivity index (χ4v) is 3.36. The zero-order valence-corrected chi connectivity index (χ0v) is 14.6. The summed E-state index contributed by atoms with van der Waals surface area (Å²) in [6.45, 7) is 0.214. The van der Waals surface area contributed by atoms with Gasteiger partial charge in [-0.3, -0.25) is 4.79 Å². The number of benzene rings is 2. The normalized spacial score (nSPS) is 14.9. The van der Waals surface area contributed by atoms with Crippen LogP contribution in [0.4, 0.5) is 0 Å². The number of hydrogen-bond acceptors (Lipinski definition) is 3. The third-order valence-electron chi connectivity index (χ3n) is 4.92. The number of carbonyl (C=O) groups is 2. The standard InChI is InChI=1S/C21H23NO4/c23-19(24)14-26-18-9-4-8-17(12-18)20(25)22-15-21(10-5-11-21)13-16-6-2-1-3-7-16/h1-4,6-9,12H,5,10-11,13-15H2,(H,22,25)(H,23,24). The maximum Gasteiger partial charge on any atom is 0.341 e. The van der Waals surface area contributed by atoms with Crippen molar-refractivity contribution in [1.29, 1.82) is 0 Å². The Labute approximate surface area is 153 Å². The SMILES string of the molecule is O=C(O)COc1cccc(C(=O)NCC2(Cc3ccccc3)CCC2)c1. The van der Waals surface area contributed by atoms with Gasteiger partial charge >= 0.3 is 5.97 Å². The molecule has 26 heavy (non-hydrogen) atoms. The smallest absolute Gasteiger partial charge is 0.341 e. The van der Waals surface area contributed by atoms with Crippen LogP contribution in [0.2, 0.25) is 0 Å². The second-order valence-corrected chi connectivity index (χ2v) is 6.91. The van der Waals surface area contributed by atoms with Crippen LogP contribution in [0.3, 0.4) is 0 Å². The molecule has 1 aliphatic carbocycles.